The van der Waals surface area contributed by atoms with Gasteiger partial charge in [0.25, 0.3) is 0 Å². The first-order valence-corrected chi connectivity index (χ1v) is 6.09. The van der Waals surface area contributed by atoms with Gasteiger partial charge in [0.05, 0.1) is 19.6 Å². The molecule has 1 aromatic carbocycles. The molecule has 2 atom stereocenters. The molecule has 0 aromatic heterocycles. The number of ether oxygens (including phenoxy) is 2. The molecular weight excluding hydrogens is 232 g/mol. The van der Waals surface area contributed by atoms with Gasteiger partial charge in [0.15, 0.2) is 5.78 Å². The summed E-state index contributed by atoms with van der Waals surface area (Å²) in [5, 5.41) is 0. The van der Waals surface area contributed by atoms with Crippen LogP contribution >= 0.6 is 0 Å². The number of rotatable bonds is 2. The molecule has 0 saturated heterocycles. The molecule has 1 heterocycles. The largest absolute Gasteiger partial charge is 0.374 e. The zero-order valence-electron chi connectivity index (χ0n) is 9.93. The van der Waals surface area contributed by atoms with Gasteiger partial charge in [-0.05, 0) is 11.1 Å². The number of ketones is 2. The molecule has 1 aromatic rings. The highest BCUT2D eigenvalue weighted by atomic mass is 16.5. The predicted molar refractivity (Wildman–Crippen MR) is 63.0 cm³/mol. The lowest BCUT2D eigenvalue weighted by molar-refractivity contribution is -0.135. The third-order valence-electron chi connectivity index (χ3n) is 3.40. The van der Waals surface area contributed by atoms with Crippen molar-refractivity contribution >= 4 is 11.6 Å². The minimum absolute atomic E-state index is 0.0138. The predicted octanol–water partition coefficient (Wildman–Crippen LogP) is 1.58. The Bertz CT molecular complexity index is 494. The van der Waals surface area contributed by atoms with E-state index < -0.39 is 6.10 Å². The summed E-state index contributed by atoms with van der Waals surface area (Å²) in [6.45, 7) is 1.02. The van der Waals surface area contributed by atoms with E-state index in [1.807, 2.05) is 24.3 Å². The highest BCUT2D eigenvalue weighted by Gasteiger charge is 2.35. The van der Waals surface area contributed by atoms with Crippen LogP contribution in [0.15, 0.2) is 24.3 Å². The first-order valence-electron chi connectivity index (χ1n) is 6.09. The molecule has 1 fully saturated rings. The second kappa shape index (κ2) is 4.63. The molecule has 2 unspecified atom stereocenters. The Morgan fingerprint density at radius 3 is 2.78 bits per heavy atom. The van der Waals surface area contributed by atoms with Crippen molar-refractivity contribution in [1.82, 2.24) is 0 Å². The average molecular weight is 246 g/mol. The van der Waals surface area contributed by atoms with Crippen molar-refractivity contribution < 1.29 is 19.1 Å². The fourth-order valence-corrected chi connectivity index (χ4v) is 2.48. The molecule has 1 saturated carbocycles. The molecule has 0 N–H and O–H groups in total. The molecule has 94 valence electrons. The van der Waals surface area contributed by atoms with E-state index in [1.165, 1.54) is 0 Å². The van der Waals surface area contributed by atoms with Crippen molar-refractivity contribution in [3.63, 3.8) is 0 Å². The number of fused-ring (bicyclic) bond motifs is 1. The summed E-state index contributed by atoms with van der Waals surface area (Å²) in [6, 6.07) is 7.88. The summed E-state index contributed by atoms with van der Waals surface area (Å²) in [7, 11) is 0. The number of carbonyl (C=O) groups is 2. The average Bonchev–Trinajstić information content (AvgIpc) is 2.68. The van der Waals surface area contributed by atoms with Gasteiger partial charge >= 0.3 is 0 Å². The molecule has 0 radical (unpaired) electrons. The fourth-order valence-electron chi connectivity index (χ4n) is 2.48. The minimum Gasteiger partial charge on any atom is -0.374 e. The van der Waals surface area contributed by atoms with E-state index in [-0.39, 0.29) is 30.5 Å². The van der Waals surface area contributed by atoms with Crippen LogP contribution in [0.5, 0.6) is 0 Å². The number of hydrogen-bond acceptors (Lipinski definition) is 4. The van der Waals surface area contributed by atoms with Crippen molar-refractivity contribution in [2.45, 2.75) is 31.7 Å². The van der Waals surface area contributed by atoms with Crippen LogP contribution < -0.4 is 0 Å². The zero-order valence-corrected chi connectivity index (χ0v) is 9.93. The Morgan fingerprint density at radius 1 is 1.17 bits per heavy atom. The van der Waals surface area contributed by atoms with E-state index in [1.54, 1.807) is 0 Å². The molecule has 18 heavy (non-hydrogen) atoms. The lowest BCUT2D eigenvalue weighted by Gasteiger charge is -2.27. The van der Waals surface area contributed by atoms with Crippen LogP contribution in [0.1, 0.15) is 30.1 Å². The maximum atomic E-state index is 11.6. The fraction of sp³-hybridized carbons (Fsp3) is 0.429. The van der Waals surface area contributed by atoms with E-state index in [2.05, 4.69) is 0 Å². The van der Waals surface area contributed by atoms with Crippen LogP contribution in [0.4, 0.5) is 0 Å². The van der Waals surface area contributed by atoms with Gasteiger partial charge in [-0.2, -0.15) is 0 Å². The van der Waals surface area contributed by atoms with Crippen molar-refractivity contribution in [1.29, 1.82) is 0 Å². The SMILES string of the molecule is O=C1CC(=O)C(OC2COCc3ccccc32)C1. The quantitative estimate of drug-likeness (QED) is 0.743. The van der Waals surface area contributed by atoms with E-state index in [0.717, 1.165) is 11.1 Å². The van der Waals surface area contributed by atoms with Crippen molar-refractivity contribution in [3.8, 4) is 0 Å². The number of Topliss-reactive ketones (excluding diaryl/α,β-unsaturated/α-hetero) is 2. The summed E-state index contributed by atoms with van der Waals surface area (Å²) in [5.41, 5.74) is 2.15. The van der Waals surface area contributed by atoms with E-state index in [0.29, 0.717) is 13.2 Å². The lowest BCUT2D eigenvalue weighted by atomic mass is 10.0. The van der Waals surface area contributed by atoms with Crippen LogP contribution in [-0.2, 0) is 25.7 Å². The van der Waals surface area contributed by atoms with Crippen LogP contribution in [-0.4, -0.2) is 24.3 Å². The molecule has 0 amide bonds. The summed E-state index contributed by atoms with van der Waals surface area (Å²) in [6.07, 6.45) is -0.607. The highest BCUT2D eigenvalue weighted by Crippen LogP contribution is 2.30. The molecule has 4 heteroatoms. The molecule has 0 spiro atoms. The van der Waals surface area contributed by atoms with Gasteiger partial charge in [-0.1, -0.05) is 24.3 Å². The standard InChI is InChI=1S/C14H14O4/c15-10-5-12(16)13(6-10)18-14-8-17-7-9-3-1-2-4-11(9)14/h1-4,13-14H,5-8H2. The third kappa shape index (κ3) is 2.09. The maximum absolute atomic E-state index is 11.6. The Hall–Kier alpha value is -1.52. The number of hydrogen-bond donors (Lipinski definition) is 0. The van der Waals surface area contributed by atoms with E-state index in [9.17, 15) is 9.59 Å². The van der Waals surface area contributed by atoms with Gasteiger partial charge in [-0.15, -0.1) is 0 Å². The van der Waals surface area contributed by atoms with Gasteiger partial charge in [-0.3, -0.25) is 9.59 Å². The van der Waals surface area contributed by atoms with Gasteiger partial charge in [0, 0.05) is 6.42 Å². The summed E-state index contributed by atoms with van der Waals surface area (Å²) in [4.78, 5) is 22.8. The first-order chi connectivity index (χ1) is 8.74. The second-order valence-electron chi connectivity index (χ2n) is 4.71. The first kappa shape index (κ1) is 11.6. The van der Waals surface area contributed by atoms with Gasteiger partial charge in [0.1, 0.15) is 18.0 Å². The summed E-state index contributed by atoms with van der Waals surface area (Å²) in [5.74, 6) is -0.141. The number of carbonyl (C=O) groups excluding carboxylic acids is 2. The molecule has 4 nitrogen and oxygen atoms in total. The molecular formula is C14H14O4. The van der Waals surface area contributed by atoms with Gasteiger partial charge in [-0.25, -0.2) is 0 Å². The molecule has 2 aliphatic rings. The second-order valence-corrected chi connectivity index (χ2v) is 4.71. The highest BCUT2D eigenvalue weighted by molar-refractivity contribution is 6.08. The Balaban J connectivity index is 1.78. The van der Waals surface area contributed by atoms with Crippen molar-refractivity contribution in [3.05, 3.63) is 35.4 Å². The van der Waals surface area contributed by atoms with Crippen LogP contribution in [0.2, 0.25) is 0 Å². The van der Waals surface area contributed by atoms with Crippen molar-refractivity contribution in [2.24, 2.45) is 0 Å². The zero-order chi connectivity index (χ0) is 12.5. The van der Waals surface area contributed by atoms with Crippen LogP contribution in [0, 0.1) is 0 Å². The topological polar surface area (TPSA) is 52.6 Å². The van der Waals surface area contributed by atoms with Gasteiger partial charge < -0.3 is 9.47 Å². The number of benzene rings is 1. The van der Waals surface area contributed by atoms with Crippen LogP contribution in [0.3, 0.4) is 0 Å². The Morgan fingerprint density at radius 2 is 2.00 bits per heavy atom. The minimum atomic E-state index is -0.586. The van der Waals surface area contributed by atoms with Crippen molar-refractivity contribution in [2.75, 3.05) is 6.61 Å². The smallest absolute Gasteiger partial charge is 0.169 e. The normalized spacial score (nSPS) is 27.3. The summed E-state index contributed by atoms with van der Waals surface area (Å²) >= 11 is 0. The lowest BCUT2D eigenvalue weighted by Crippen LogP contribution is -2.26. The Kier molecular flexibility index (Phi) is 2.97. The molecule has 0 bridgehead atoms. The molecule has 1 aliphatic heterocycles. The van der Waals surface area contributed by atoms with Gasteiger partial charge in [0.2, 0.25) is 0 Å². The summed E-state index contributed by atoms with van der Waals surface area (Å²) < 4.78 is 11.2. The molecule has 3 rings (SSSR count). The van der Waals surface area contributed by atoms with E-state index in [4.69, 9.17) is 9.47 Å². The van der Waals surface area contributed by atoms with E-state index >= 15 is 0 Å². The molecule has 1 aliphatic carbocycles. The van der Waals surface area contributed by atoms with Crippen LogP contribution in [0.25, 0.3) is 0 Å². The third-order valence-corrected chi connectivity index (χ3v) is 3.40. The maximum Gasteiger partial charge on any atom is 0.169 e. The Labute approximate surface area is 105 Å². The monoisotopic (exact) mass is 246 g/mol.